The third kappa shape index (κ3) is 2.34. The number of nitrogens with zero attached hydrogens (tertiary/aromatic N) is 2. The Morgan fingerprint density at radius 1 is 0.810 bits per heavy atom. The Balaban J connectivity index is 1.74. The van der Waals surface area contributed by atoms with Crippen LogP contribution in [0.15, 0.2) is 60.7 Å². The van der Waals surface area contributed by atoms with Gasteiger partial charge >= 0.3 is 0 Å². The molecule has 2 atom stereocenters. The Morgan fingerprint density at radius 3 is 2.29 bits per heavy atom. The molecule has 21 heavy (non-hydrogen) atoms. The van der Waals surface area contributed by atoms with Crippen LogP contribution in [0.25, 0.3) is 0 Å². The predicted octanol–water partition coefficient (Wildman–Crippen LogP) is 4.06. The quantitative estimate of drug-likeness (QED) is 0.817. The Bertz CT molecular complexity index is 581. The maximum absolute atomic E-state index is 2.67. The number of hydrogen-bond acceptors (Lipinski definition) is 2. The molecule has 0 aliphatic carbocycles. The number of anilines is 1. The van der Waals surface area contributed by atoms with Gasteiger partial charge in [-0.25, -0.2) is 0 Å². The fourth-order valence-corrected chi connectivity index (χ4v) is 3.91. The molecule has 0 aromatic heterocycles. The van der Waals surface area contributed by atoms with E-state index in [1.807, 2.05) is 0 Å². The molecular formula is C19H22N2. The molecule has 2 aliphatic heterocycles. The van der Waals surface area contributed by atoms with Crippen LogP contribution in [0, 0.1) is 0 Å². The summed E-state index contributed by atoms with van der Waals surface area (Å²) >= 11 is 0. The molecule has 0 bridgehead atoms. The van der Waals surface area contributed by atoms with Crippen molar-refractivity contribution in [3.63, 3.8) is 0 Å². The normalized spacial score (nSPS) is 25.8. The summed E-state index contributed by atoms with van der Waals surface area (Å²) < 4.78 is 0. The molecule has 108 valence electrons. The molecule has 2 unspecified atom stereocenters. The van der Waals surface area contributed by atoms with E-state index < -0.39 is 0 Å². The summed E-state index contributed by atoms with van der Waals surface area (Å²) in [6, 6.07) is 22.4. The summed E-state index contributed by atoms with van der Waals surface area (Å²) in [7, 11) is 0. The van der Waals surface area contributed by atoms with Gasteiger partial charge in [0, 0.05) is 18.8 Å². The largest absolute Gasteiger partial charge is 0.347 e. The molecule has 0 radical (unpaired) electrons. The van der Waals surface area contributed by atoms with E-state index in [4.69, 9.17) is 0 Å². The van der Waals surface area contributed by atoms with Crippen molar-refractivity contribution in [2.24, 2.45) is 0 Å². The molecule has 2 saturated heterocycles. The standard InChI is InChI=1S/C19H22N2/c1-3-9-16(10-4-1)18-15-20-14-8-7-13-19(20)21(18)17-11-5-2-6-12-17/h1-6,9-12,18-19H,7-8,13-15H2. The topological polar surface area (TPSA) is 6.48 Å². The van der Waals surface area contributed by atoms with Gasteiger partial charge in [-0.15, -0.1) is 0 Å². The van der Waals surface area contributed by atoms with Gasteiger partial charge < -0.3 is 4.90 Å². The van der Waals surface area contributed by atoms with Gasteiger partial charge in [0.05, 0.1) is 12.2 Å². The molecule has 2 heterocycles. The lowest BCUT2D eigenvalue weighted by atomic mass is 10.1. The third-order valence-electron chi connectivity index (χ3n) is 4.88. The van der Waals surface area contributed by atoms with Crippen LogP contribution < -0.4 is 4.90 Å². The molecule has 0 spiro atoms. The number of hydrogen-bond donors (Lipinski definition) is 0. The first-order chi connectivity index (χ1) is 10.4. The summed E-state index contributed by atoms with van der Waals surface area (Å²) in [5, 5.41) is 0. The van der Waals surface area contributed by atoms with Crippen LogP contribution in [0.1, 0.15) is 30.9 Å². The van der Waals surface area contributed by atoms with Gasteiger partial charge in [-0.05, 0) is 37.0 Å². The van der Waals surface area contributed by atoms with Gasteiger partial charge in [0.1, 0.15) is 0 Å². The molecule has 0 amide bonds. The molecule has 0 saturated carbocycles. The average molecular weight is 278 g/mol. The van der Waals surface area contributed by atoms with Gasteiger partial charge in [0.15, 0.2) is 0 Å². The minimum atomic E-state index is 0.483. The van der Waals surface area contributed by atoms with Gasteiger partial charge in [-0.1, -0.05) is 48.5 Å². The fourth-order valence-electron chi connectivity index (χ4n) is 3.91. The van der Waals surface area contributed by atoms with Gasteiger partial charge in [0.2, 0.25) is 0 Å². The van der Waals surface area contributed by atoms with Crippen LogP contribution in [-0.4, -0.2) is 24.2 Å². The second-order valence-corrected chi connectivity index (χ2v) is 6.14. The van der Waals surface area contributed by atoms with E-state index in [9.17, 15) is 0 Å². The minimum Gasteiger partial charge on any atom is -0.347 e. The molecule has 2 aromatic carbocycles. The van der Waals surface area contributed by atoms with Crippen LogP contribution in [0.5, 0.6) is 0 Å². The second-order valence-electron chi connectivity index (χ2n) is 6.14. The highest BCUT2D eigenvalue weighted by Gasteiger charge is 2.40. The van der Waals surface area contributed by atoms with Crippen molar-refractivity contribution in [2.75, 3.05) is 18.0 Å². The van der Waals surface area contributed by atoms with Crippen LogP contribution in [0.3, 0.4) is 0 Å². The zero-order chi connectivity index (χ0) is 14.1. The lowest BCUT2D eigenvalue weighted by Crippen LogP contribution is -2.42. The fraction of sp³-hybridized carbons (Fsp3) is 0.368. The molecular weight excluding hydrogens is 256 g/mol. The number of piperidine rings is 1. The molecule has 4 rings (SSSR count). The zero-order valence-electron chi connectivity index (χ0n) is 12.4. The van der Waals surface area contributed by atoms with E-state index in [1.165, 1.54) is 37.1 Å². The maximum atomic E-state index is 2.67. The Kier molecular flexibility index (Phi) is 3.40. The molecule has 0 N–H and O–H groups in total. The van der Waals surface area contributed by atoms with Crippen LogP contribution in [-0.2, 0) is 0 Å². The highest BCUT2D eigenvalue weighted by Crippen LogP contribution is 2.40. The molecule has 2 nitrogen and oxygen atoms in total. The number of fused-ring (bicyclic) bond motifs is 1. The molecule has 2 fully saturated rings. The average Bonchev–Trinajstić information content (AvgIpc) is 2.96. The van der Waals surface area contributed by atoms with Gasteiger partial charge in [0.25, 0.3) is 0 Å². The van der Waals surface area contributed by atoms with Crippen molar-refractivity contribution in [1.29, 1.82) is 0 Å². The summed E-state index contributed by atoms with van der Waals surface area (Å²) in [5.74, 6) is 0. The van der Waals surface area contributed by atoms with Crippen LogP contribution >= 0.6 is 0 Å². The number of para-hydroxylation sites is 1. The van der Waals surface area contributed by atoms with Crippen molar-refractivity contribution in [1.82, 2.24) is 4.90 Å². The molecule has 2 aromatic rings. The van der Waals surface area contributed by atoms with E-state index in [-0.39, 0.29) is 0 Å². The lowest BCUT2D eigenvalue weighted by Gasteiger charge is -2.36. The highest BCUT2D eigenvalue weighted by molar-refractivity contribution is 5.51. The maximum Gasteiger partial charge on any atom is 0.0828 e. The van der Waals surface area contributed by atoms with Gasteiger partial charge in [-0.2, -0.15) is 0 Å². The first kappa shape index (κ1) is 12.9. The second kappa shape index (κ2) is 5.53. The monoisotopic (exact) mass is 278 g/mol. The van der Waals surface area contributed by atoms with Crippen molar-refractivity contribution in [2.45, 2.75) is 31.5 Å². The minimum absolute atomic E-state index is 0.483. The first-order valence-electron chi connectivity index (χ1n) is 8.06. The van der Waals surface area contributed by atoms with Crippen molar-refractivity contribution < 1.29 is 0 Å². The first-order valence-corrected chi connectivity index (χ1v) is 8.06. The molecule has 2 heteroatoms. The van der Waals surface area contributed by atoms with E-state index in [0.717, 1.165) is 6.54 Å². The summed E-state index contributed by atoms with van der Waals surface area (Å²) in [6.45, 7) is 2.40. The Hall–Kier alpha value is -1.80. The van der Waals surface area contributed by atoms with Crippen LogP contribution in [0.2, 0.25) is 0 Å². The lowest BCUT2D eigenvalue weighted by molar-refractivity contribution is 0.198. The molecule has 2 aliphatic rings. The van der Waals surface area contributed by atoms with Crippen LogP contribution in [0.4, 0.5) is 5.69 Å². The zero-order valence-corrected chi connectivity index (χ0v) is 12.4. The van der Waals surface area contributed by atoms with E-state index >= 15 is 0 Å². The van der Waals surface area contributed by atoms with Crippen molar-refractivity contribution in [3.05, 3.63) is 66.2 Å². The Labute approximate surface area is 127 Å². The highest BCUT2D eigenvalue weighted by atomic mass is 15.4. The number of rotatable bonds is 2. The summed E-state index contributed by atoms with van der Waals surface area (Å²) in [6.07, 6.45) is 4.57. The van der Waals surface area contributed by atoms with Crippen molar-refractivity contribution in [3.8, 4) is 0 Å². The van der Waals surface area contributed by atoms with E-state index in [2.05, 4.69) is 70.5 Å². The predicted molar refractivity (Wildman–Crippen MR) is 87.3 cm³/mol. The Morgan fingerprint density at radius 2 is 1.52 bits per heavy atom. The van der Waals surface area contributed by atoms with Gasteiger partial charge in [-0.3, -0.25) is 4.90 Å². The van der Waals surface area contributed by atoms with E-state index in [0.29, 0.717) is 12.2 Å². The smallest absolute Gasteiger partial charge is 0.0828 e. The third-order valence-corrected chi connectivity index (χ3v) is 4.88. The number of benzene rings is 2. The summed E-state index contributed by atoms with van der Waals surface area (Å²) in [4.78, 5) is 5.32. The van der Waals surface area contributed by atoms with Crippen molar-refractivity contribution >= 4 is 5.69 Å². The SMILES string of the molecule is c1ccc(C2CN3CCCCC3N2c2ccccc2)cc1. The summed E-state index contributed by atoms with van der Waals surface area (Å²) in [5.41, 5.74) is 2.80. The van der Waals surface area contributed by atoms with E-state index in [1.54, 1.807) is 0 Å².